The number of benzene rings is 1. The number of nitrogens with one attached hydrogen (secondary N) is 1. The van der Waals surface area contributed by atoms with E-state index in [-0.39, 0.29) is 11.8 Å². The van der Waals surface area contributed by atoms with Crippen molar-refractivity contribution in [2.24, 2.45) is 13.0 Å². The number of aromatic nitrogens is 1. The predicted molar refractivity (Wildman–Crippen MR) is 81.3 cm³/mol. The summed E-state index contributed by atoms with van der Waals surface area (Å²) in [6.07, 6.45) is 2.61. The van der Waals surface area contributed by atoms with Gasteiger partial charge >= 0.3 is 5.97 Å². The van der Waals surface area contributed by atoms with E-state index in [1.807, 2.05) is 43.8 Å². The Kier molecular flexibility index (Phi) is 4.31. The molecular formula is C16H20N2O3. The molecule has 1 aromatic heterocycles. The van der Waals surface area contributed by atoms with Crippen LogP contribution in [0.1, 0.15) is 30.6 Å². The highest BCUT2D eigenvalue weighted by Crippen LogP contribution is 2.17. The Labute approximate surface area is 123 Å². The Hall–Kier alpha value is -2.30. The molecule has 5 heteroatoms. The summed E-state index contributed by atoms with van der Waals surface area (Å²) < 4.78 is 1.93. The van der Waals surface area contributed by atoms with Gasteiger partial charge in [0.15, 0.2) is 0 Å². The number of carboxylic acids is 1. The molecule has 0 bridgehead atoms. The van der Waals surface area contributed by atoms with E-state index in [1.165, 1.54) is 0 Å². The van der Waals surface area contributed by atoms with E-state index in [0.717, 1.165) is 10.9 Å². The summed E-state index contributed by atoms with van der Waals surface area (Å²) >= 11 is 0. The van der Waals surface area contributed by atoms with Crippen LogP contribution in [0.4, 0.5) is 0 Å². The van der Waals surface area contributed by atoms with Crippen molar-refractivity contribution in [2.45, 2.75) is 26.3 Å². The average Bonchev–Trinajstić information content (AvgIpc) is 2.84. The van der Waals surface area contributed by atoms with Crippen LogP contribution in [-0.2, 0) is 11.8 Å². The maximum absolute atomic E-state index is 12.3. The minimum absolute atomic E-state index is 0.120. The van der Waals surface area contributed by atoms with E-state index < -0.39 is 12.0 Å². The predicted octanol–water partition coefficient (Wildman–Crippen LogP) is 2.41. The largest absolute Gasteiger partial charge is 0.480 e. The van der Waals surface area contributed by atoms with Gasteiger partial charge in [0.25, 0.3) is 5.91 Å². The van der Waals surface area contributed by atoms with Gasteiger partial charge in [-0.25, -0.2) is 4.79 Å². The molecule has 0 unspecified atom stereocenters. The SMILES string of the molecule is CC[C@H](C)[C@@H](NC(=O)c1ccc2ccn(C)c2c1)C(=O)O. The third-order valence-corrected chi connectivity index (χ3v) is 3.92. The van der Waals surface area contributed by atoms with Crippen LogP contribution in [0.3, 0.4) is 0 Å². The van der Waals surface area contributed by atoms with Crippen LogP contribution in [0.15, 0.2) is 30.5 Å². The van der Waals surface area contributed by atoms with Crippen molar-refractivity contribution in [3.8, 4) is 0 Å². The Balaban J connectivity index is 2.24. The molecule has 0 fully saturated rings. The minimum Gasteiger partial charge on any atom is -0.480 e. The molecular weight excluding hydrogens is 268 g/mol. The fourth-order valence-electron chi connectivity index (χ4n) is 2.31. The number of rotatable bonds is 5. The van der Waals surface area contributed by atoms with Crippen LogP contribution >= 0.6 is 0 Å². The van der Waals surface area contributed by atoms with Crippen LogP contribution in [0.5, 0.6) is 0 Å². The lowest BCUT2D eigenvalue weighted by molar-refractivity contribution is -0.140. The third-order valence-electron chi connectivity index (χ3n) is 3.92. The van der Waals surface area contributed by atoms with Gasteiger partial charge in [-0.3, -0.25) is 4.79 Å². The van der Waals surface area contributed by atoms with E-state index in [0.29, 0.717) is 12.0 Å². The van der Waals surface area contributed by atoms with E-state index in [1.54, 1.807) is 12.1 Å². The molecule has 2 rings (SSSR count). The van der Waals surface area contributed by atoms with Crippen LogP contribution in [0.2, 0.25) is 0 Å². The van der Waals surface area contributed by atoms with Crippen LogP contribution in [0.25, 0.3) is 10.9 Å². The molecule has 112 valence electrons. The molecule has 21 heavy (non-hydrogen) atoms. The molecule has 0 radical (unpaired) electrons. The summed E-state index contributed by atoms with van der Waals surface area (Å²) in [5.41, 5.74) is 1.41. The maximum atomic E-state index is 12.3. The van der Waals surface area contributed by atoms with Crippen LogP contribution in [-0.4, -0.2) is 27.6 Å². The number of aryl methyl sites for hydroxylation is 1. The quantitative estimate of drug-likeness (QED) is 0.887. The molecule has 1 amide bonds. The van der Waals surface area contributed by atoms with Gasteiger partial charge in [-0.05, 0) is 29.5 Å². The van der Waals surface area contributed by atoms with Crippen LogP contribution in [0, 0.1) is 5.92 Å². The average molecular weight is 288 g/mol. The van der Waals surface area contributed by atoms with E-state index in [9.17, 15) is 14.7 Å². The fourth-order valence-corrected chi connectivity index (χ4v) is 2.31. The van der Waals surface area contributed by atoms with Gasteiger partial charge in [-0.15, -0.1) is 0 Å². The summed E-state index contributed by atoms with van der Waals surface area (Å²) in [7, 11) is 1.91. The number of carbonyl (C=O) groups is 2. The van der Waals surface area contributed by atoms with Crippen molar-refractivity contribution in [1.29, 1.82) is 0 Å². The van der Waals surface area contributed by atoms with Crippen molar-refractivity contribution in [3.05, 3.63) is 36.0 Å². The standard InChI is InChI=1S/C16H20N2O3/c1-4-10(2)14(16(20)21)17-15(19)12-6-5-11-7-8-18(3)13(11)9-12/h5-10,14H,4H2,1-3H3,(H,17,19)(H,20,21)/t10-,14+/m0/s1. The third kappa shape index (κ3) is 3.07. The number of nitrogens with zero attached hydrogens (tertiary/aromatic N) is 1. The number of hydrogen-bond acceptors (Lipinski definition) is 2. The molecule has 0 aliphatic rings. The smallest absolute Gasteiger partial charge is 0.326 e. The first kappa shape index (κ1) is 15.1. The fraction of sp³-hybridized carbons (Fsp3) is 0.375. The Morgan fingerprint density at radius 3 is 2.67 bits per heavy atom. The molecule has 5 nitrogen and oxygen atoms in total. The molecule has 0 saturated heterocycles. The number of hydrogen-bond donors (Lipinski definition) is 2. The molecule has 2 aromatic rings. The lowest BCUT2D eigenvalue weighted by Gasteiger charge is -2.20. The van der Waals surface area contributed by atoms with Gasteiger partial charge in [0.2, 0.25) is 0 Å². The van der Waals surface area contributed by atoms with Gasteiger partial charge < -0.3 is 15.0 Å². The zero-order valence-corrected chi connectivity index (χ0v) is 12.5. The van der Waals surface area contributed by atoms with Gasteiger partial charge in [0, 0.05) is 24.3 Å². The second-order valence-corrected chi connectivity index (χ2v) is 5.38. The highest BCUT2D eigenvalue weighted by atomic mass is 16.4. The first-order valence-corrected chi connectivity index (χ1v) is 7.02. The van der Waals surface area contributed by atoms with Gasteiger partial charge in [0.05, 0.1) is 0 Å². The number of carboxylic acid groups (broad SMARTS) is 1. The first-order chi connectivity index (χ1) is 9.93. The van der Waals surface area contributed by atoms with Gasteiger partial charge in [-0.2, -0.15) is 0 Å². The molecule has 0 aliphatic heterocycles. The van der Waals surface area contributed by atoms with E-state index >= 15 is 0 Å². The van der Waals surface area contributed by atoms with Gasteiger partial charge in [0.1, 0.15) is 6.04 Å². The van der Waals surface area contributed by atoms with Crippen molar-refractivity contribution in [1.82, 2.24) is 9.88 Å². The molecule has 0 aliphatic carbocycles. The summed E-state index contributed by atoms with van der Waals surface area (Å²) in [5.74, 6) is -1.48. The number of fused-ring (bicyclic) bond motifs is 1. The monoisotopic (exact) mass is 288 g/mol. The van der Waals surface area contributed by atoms with Gasteiger partial charge in [-0.1, -0.05) is 26.3 Å². The summed E-state index contributed by atoms with van der Waals surface area (Å²) in [4.78, 5) is 23.5. The minimum atomic E-state index is -1.00. The van der Waals surface area contributed by atoms with Crippen molar-refractivity contribution in [2.75, 3.05) is 0 Å². The van der Waals surface area contributed by atoms with Crippen molar-refractivity contribution < 1.29 is 14.7 Å². The van der Waals surface area contributed by atoms with E-state index in [2.05, 4.69) is 5.32 Å². The molecule has 1 heterocycles. The summed E-state index contributed by atoms with van der Waals surface area (Å²) in [6.45, 7) is 3.72. The normalized spacial score (nSPS) is 13.9. The molecule has 0 saturated carbocycles. The molecule has 2 N–H and O–H groups in total. The summed E-state index contributed by atoms with van der Waals surface area (Å²) in [5, 5.41) is 12.9. The summed E-state index contributed by atoms with van der Waals surface area (Å²) in [6, 6.07) is 6.46. The number of amides is 1. The Morgan fingerprint density at radius 2 is 2.05 bits per heavy atom. The first-order valence-electron chi connectivity index (χ1n) is 7.02. The maximum Gasteiger partial charge on any atom is 0.326 e. The topological polar surface area (TPSA) is 71.3 Å². The Bertz CT molecular complexity index is 675. The zero-order valence-electron chi connectivity index (χ0n) is 12.5. The van der Waals surface area contributed by atoms with E-state index in [4.69, 9.17) is 0 Å². The highest BCUT2D eigenvalue weighted by molar-refractivity contribution is 5.99. The number of carbonyl (C=O) groups excluding carboxylic acids is 1. The van der Waals surface area contributed by atoms with Crippen molar-refractivity contribution in [3.63, 3.8) is 0 Å². The highest BCUT2D eigenvalue weighted by Gasteiger charge is 2.25. The second kappa shape index (κ2) is 5.99. The molecule has 0 spiro atoms. The molecule has 1 aromatic carbocycles. The zero-order chi connectivity index (χ0) is 15.6. The number of aliphatic carboxylic acids is 1. The lowest BCUT2D eigenvalue weighted by atomic mass is 9.99. The van der Waals surface area contributed by atoms with Crippen LogP contribution < -0.4 is 5.32 Å². The molecule has 2 atom stereocenters. The lowest BCUT2D eigenvalue weighted by Crippen LogP contribution is -2.45. The second-order valence-electron chi connectivity index (χ2n) is 5.38. The Morgan fingerprint density at radius 1 is 1.33 bits per heavy atom. The van der Waals surface area contributed by atoms with Crippen molar-refractivity contribution >= 4 is 22.8 Å².